The van der Waals surface area contributed by atoms with Gasteiger partial charge in [-0.25, -0.2) is 0 Å². The van der Waals surface area contributed by atoms with Gasteiger partial charge in [-0.1, -0.05) is 0 Å². The Morgan fingerprint density at radius 3 is 3.21 bits per heavy atom. The van der Waals surface area contributed by atoms with Crippen LogP contribution >= 0.6 is 11.3 Å². The fraction of sp³-hybridized carbons (Fsp3) is 0.667. The highest BCUT2D eigenvalue weighted by Gasteiger charge is 2.44. The maximum atomic E-state index is 3.62. The molecule has 1 aromatic rings. The molecule has 0 saturated carbocycles. The molecular formula is C12H17NS. The van der Waals surface area contributed by atoms with Crippen molar-refractivity contribution < 1.29 is 0 Å². The lowest BCUT2D eigenvalue weighted by atomic mass is 9.68. The summed E-state index contributed by atoms with van der Waals surface area (Å²) in [6.45, 7) is 3.57. The molecule has 1 aliphatic heterocycles. The van der Waals surface area contributed by atoms with E-state index < -0.39 is 0 Å². The van der Waals surface area contributed by atoms with E-state index in [-0.39, 0.29) is 0 Å². The normalized spacial score (nSPS) is 36.2. The van der Waals surface area contributed by atoms with E-state index in [4.69, 9.17) is 0 Å². The molecule has 1 spiro atoms. The van der Waals surface area contributed by atoms with Crippen LogP contribution in [-0.2, 0) is 11.8 Å². The zero-order chi connectivity index (χ0) is 9.60. The van der Waals surface area contributed by atoms with Gasteiger partial charge in [-0.05, 0) is 56.2 Å². The van der Waals surface area contributed by atoms with E-state index in [1.165, 1.54) is 32.2 Å². The number of fused-ring (bicyclic) bond motifs is 2. The van der Waals surface area contributed by atoms with Gasteiger partial charge in [0.25, 0.3) is 0 Å². The Labute approximate surface area is 89.5 Å². The van der Waals surface area contributed by atoms with Crippen molar-refractivity contribution in [3.63, 3.8) is 0 Å². The minimum atomic E-state index is 0.494. The summed E-state index contributed by atoms with van der Waals surface area (Å²) in [5, 5.41) is 5.90. The Morgan fingerprint density at radius 1 is 1.50 bits per heavy atom. The van der Waals surface area contributed by atoms with Crippen molar-refractivity contribution in [1.82, 2.24) is 5.32 Å². The molecule has 1 aliphatic carbocycles. The molecule has 76 valence electrons. The van der Waals surface area contributed by atoms with Crippen LogP contribution < -0.4 is 5.32 Å². The van der Waals surface area contributed by atoms with Crippen LogP contribution in [0.5, 0.6) is 0 Å². The van der Waals surface area contributed by atoms with Crippen LogP contribution in [0.4, 0.5) is 0 Å². The Morgan fingerprint density at radius 2 is 2.43 bits per heavy atom. The first-order chi connectivity index (χ1) is 6.83. The average molecular weight is 207 g/mol. The van der Waals surface area contributed by atoms with Crippen LogP contribution in [0, 0.1) is 0 Å². The summed E-state index contributed by atoms with van der Waals surface area (Å²) in [5.74, 6) is 0. The van der Waals surface area contributed by atoms with Gasteiger partial charge in [0.1, 0.15) is 0 Å². The van der Waals surface area contributed by atoms with Gasteiger partial charge in [0.05, 0.1) is 0 Å². The van der Waals surface area contributed by atoms with Crippen molar-refractivity contribution in [2.24, 2.45) is 0 Å². The van der Waals surface area contributed by atoms with Crippen LogP contribution in [0.15, 0.2) is 11.4 Å². The van der Waals surface area contributed by atoms with E-state index in [0.717, 1.165) is 0 Å². The Bertz CT molecular complexity index is 344. The molecule has 2 heterocycles. The van der Waals surface area contributed by atoms with Crippen LogP contribution in [0.25, 0.3) is 0 Å². The number of hydrogen-bond acceptors (Lipinski definition) is 2. The maximum Gasteiger partial charge on any atom is 0.0137 e. The van der Waals surface area contributed by atoms with Crippen molar-refractivity contribution in [1.29, 1.82) is 0 Å². The van der Waals surface area contributed by atoms with Crippen molar-refractivity contribution >= 4 is 11.3 Å². The number of nitrogens with one attached hydrogen (secondary N) is 1. The van der Waals surface area contributed by atoms with Crippen molar-refractivity contribution in [2.75, 3.05) is 6.54 Å². The molecule has 14 heavy (non-hydrogen) atoms. The van der Waals surface area contributed by atoms with Gasteiger partial charge in [-0.3, -0.25) is 0 Å². The molecule has 0 radical (unpaired) electrons. The molecule has 1 saturated heterocycles. The Kier molecular flexibility index (Phi) is 1.96. The van der Waals surface area contributed by atoms with Crippen molar-refractivity contribution in [3.8, 4) is 0 Å². The first-order valence-electron chi connectivity index (χ1n) is 5.63. The summed E-state index contributed by atoms with van der Waals surface area (Å²) >= 11 is 1.96. The van der Waals surface area contributed by atoms with Crippen LogP contribution in [0.3, 0.4) is 0 Å². The first kappa shape index (κ1) is 8.93. The molecule has 0 aromatic carbocycles. The number of aryl methyl sites for hydroxylation is 1. The van der Waals surface area contributed by atoms with E-state index in [1.807, 2.05) is 11.3 Å². The summed E-state index contributed by atoms with van der Waals surface area (Å²) in [6, 6.07) is 3.05. The number of hydrogen-bond donors (Lipinski definition) is 1. The average Bonchev–Trinajstić information content (AvgIpc) is 2.76. The molecule has 2 unspecified atom stereocenters. The third kappa shape index (κ3) is 1.04. The van der Waals surface area contributed by atoms with E-state index in [1.54, 1.807) is 10.4 Å². The third-order valence-corrected chi connectivity index (χ3v) is 5.14. The molecular weight excluding hydrogens is 190 g/mol. The molecule has 2 aliphatic rings. The molecule has 2 heteroatoms. The minimum absolute atomic E-state index is 0.494. The summed E-state index contributed by atoms with van der Waals surface area (Å²) in [5.41, 5.74) is 2.17. The van der Waals surface area contributed by atoms with Gasteiger partial charge in [0.15, 0.2) is 0 Å². The number of rotatable bonds is 0. The Balaban J connectivity index is 2.10. The summed E-state index contributed by atoms with van der Waals surface area (Å²) < 4.78 is 0. The van der Waals surface area contributed by atoms with Gasteiger partial charge in [0, 0.05) is 16.3 Å². The van der Waals surface area contributed by atoms with E-state index in [9.17, 15) is 0 Å². The molecule has 1 nitrogen and oxygen atoms in total. The molecule has 1 fully saturated rings. The zero-order valence-corrected chi connectivity index (χ0v) is 9.49. The maximum absolute atomic E-state index is 3.62. The van der Waals surface area contributed by atoms with Gasteiger partial charge in [-0.15, -0.1) is 11.3 Å². The predicted molar refractivity (Wildman–Crippen MR) is 61.0 cm³/mol. The topological polar surface area (TPSA) is 12.0 Å². The monoisotopic (exact) mass is 207 g/mol. The molecule has 2 atom stereocenters. The molecule has 0 amide bonds. The van der Waals surface area contributed by atoms with Gasteiger partial charge in [0.2, 0.25) is 0 Å². The summed E-state index contributed by atoms with van der Waals surface area (Å²) in [7, 11) is 0. The molecule has 1 aromatic heterocycles. The highest BCUT2D eigenvalue weighted by molar-refractivity contribution is 7.10. The zero-order valence-electron chi connectivity index (χ0n) is 8.68. The fourth-order valence-corrected chi connectivity index (χ4v) is 4.34. The van der Waals surface area contributed by atoms with Crippen molar-refractivity contribution in [3.05, 3.63) is 21.9 Å². The molecule has 1 N–H and O–H groups in total. The van der Waals surface area contributed by atoms with Gasteiger partial charge >= 0.3 is 0 Å². The van der Waals surface area contributed by atoms with E-state index in [0.29, 0.717) is 11.5 Å². The minimum Gasteiger partial charge on any atom is -0.313 e. The smallest absolute Gasteiger partial charge is 0.0137 e. The lowest BCUT2D eigenvalue weighted by Crippen LogP contribution is -2.40. The fourth-order valence-electron chi connectivity index (χ4n) is 3.31. The standard InChI is InChI=1S/C12H17NS/c1-9-12(6-7-13-9)5-2-3-11-10(12)4-8-14-11/h4,8-9,13H,2-3,5-7H2,1H3. The quantitative estimate of drug-likeness (QED) is 0.689. The summed E-state index contributed by atoms with van der Waals surface area (Å²) in [6.07, 6.45) is 5.45. The highest BCUT2D eigenvalue weighted by Crippen LogP contribution is 2.46. The molecule has 3 rings (SSSR count). The second-order valence-electron chi connectivity index (χ2n) is 4.69. The van der Waals surface area contributed by atoms with Crippen LogP contribution in [0.1, 0.15) is 36.6 Å². The van der Waals surface area contributed by atoms with E-state index in [2.05, 4.69) is 23.7 Å². The third-order valence-electron chi connectivity index (χ3n) is 4.16. The SMILES string of the molecule is CC1NCCC12CCCc1sccc12. The largest absolute Gasteiger partial charge is 0.313 e. The summed E-state index contributed by atoms with van der Waals surface area (Å²) in [4.78, 5) is 1.66. The van der Waals surface area contributed by atoms with Crippen LogP contribution in [0.2, 0.25) is 0 Å². The van der Waals surface area contributed by atoms with Gasteiger partial charge in [-0.2, -0.15) is 0 Å². The number of thiophene rings is 1. The predicted octanol–water partition coefficient (Wildman–Crippen LogP) is 2.70. The van der Waals surface area contributed by atoms with E-state index >= 15 is 0 Å². The Hall–Kier alpha value is -0.340. The highest BCUT2D eigenvalue weighted by atomic mass is 32.1. The van der Waals surface area contributed by atoms with Crippen molar-refractivity contribution in [2.45, 2.75) is 44.1 Å². The van der Waals surface area contributed by atoms with Crippen LogP contribution in [-0.4, -0.2) is 12.6 Å². The second-order valence-corrected chi connectivity index (χ2v) is 5.69. The lowest BCUT2D eigenvalue weighted by molar-refractivity contribution is 0.334. The van der Waals surface area contributed by atoms with Gasteiger partial charge < -0.3 is 5.32 Å². The lowest BCUT2D eigenvalue weighted by Gasteiger charge is -2.37. The first-order valence-corrected chi connectivity index (χ1v) is 6.51. The molecule has 0 bridgehead atoms. The second kappa shape index (κ2) is 3.07.